The van der Waals surface area contributed by atoms with Gasteiger partial charge in [0.05, 0.1) is 0 Å². The number of carbonyl (C=O) groups is 3. The fourth-order valence-electron chi connectivity index (χ4n) is 2.70. The lowest BCUT2D eigenvalue weighted by Gasteiger charge is -2.32. The largest absolute Gasteiger partial charge is 0.550 e. The Labute approximate surface area is 125 Å². The van der Waals surface area contributed by atoms with Crippen LogP contribution in [0.4, 0.5) is 0 Å². The molecule has 0 aromatic heterocycles. The third-order valence-corrected chi connectivity index (χ3v) is 2.92. The molecule has 0 bridgehead atoms. The Balaban J connectivity index is 4.56. The molecular weight excluding hydrogens is 274 g/mol. The van der Waals surface area contributed by atoms with Gasteiger partial charge in [0.2, 0.25) is 5.91 Å². The summed E-state index contributed by atoms with van der Waals surface area (Å²) in [6.07, 6.45) is 0.426. The zero-order chi connectivity index (χ0) is 16.8. The van der Waals surface area contributed by atoms with Gasteiger partial charge in [-0.25, -0.2) is 4.79 Å². The topological polar surface area (TPSA) is 107 Å². The Morgan fingerprint density at radius 3 is 2.05 bits per heavy atom. The normalized spacial score (nSPS) is 13.6. The summed E-state index contributed by atoms with van der Waals surface area (Å²) in [6, 6.07) is -1.19. The van der Waals surface area contributed by atoms with E-state index in [1.165, 1.54) is 0 Å². The lowest BCUT2D eigenvalue weighted by atomic mass is 9.74. The van der Waals surface area contributed by atoms with Gasteiger partial charge in [0.15, 0.2) is 0 Å². The van der Waals surface area contributed by atoms with Gasteiger partial charge in [0.25, 0.3) is 0 Å². The van der Waals surface area contributed by atoms with Gasteiger partial charge in [-0.05, 0) is 30.1 Å². The minimum absolute atomic E-state index is 0.0605. The second-order valence-electron chi connectivity index (χ2n) is 7.45. The highest BCUT2D eigenvalue weighted by molar-refractivity contribution is 5.84. The summed E-state index contributed by atoms with van der Waals surface area (Å²) in [7, 11) is 0. The number of carboxylic acids is 2. The van der Waals surface area contributed by atoms with Crippen molar-refractivity contribution in [2.24, 2.45) is 10.8 Å². The number of hydrogen-bond donors (Lipinski definition) is 2. The monoisotopic (exact) mass is 300 g/mol. The molecule has 6 nitrogen and oxygen atoms in total. The number of aliphatic carboxylic acids is 2. The molecule has 0 saturated carbocycles. The van der Waals surface area contributed by atoms with Crippen molar-refractivity contribution in [2.75, 3.05) is 0 Å². The Kier molecular flexibility index (Phi) is 6.86. The molecule has 0 rings (SSSR count). The van der Waals surface area contributed by atoms with Gasteiger partial charge in [0, 0.05) is 12.4 Å². The van der Waals surface area contributed by atoms with E-state index in [1.54, 1.807) is 0 Å². The van der Waals surface area contributed by atoms with E-state index in [2.05, 4.69) is 26.1 Å². The van der Waals surface area contributed by atoms with Crippen molar-refractivity contribution in [3.63, 3.8) is 0 Å². The minimum Gasteiger partial charge on any atom is -0.550 e. The first-order valence-electron chi connectivity index (χ1n) is 7.04. The van der Waals surface area contributed by atoms with Gasteiger partial charge < -0.3 is 20.3 Å². The van der Waals surface area contributed by atoms with Gasteiger partial charge in [-0.15, -0.1) is 0 Å². The predicted octanol–water partition coefficient (Wildman–Crippen LogP) is 0.938. The molecule has 6 heteroatoms. The van der Waals surface area contributed by atoms with E-state index < -0.39 is 24.4 Å². The third-order valence-electron chi connectivity index (χ3n) is 2.92. The van der Waals surface area contributed by atoms with Crippen molar-refractivity contribution in [3.8, 4) is 0 Å². The highest BCUT2D eigenvalue weighted by Gasteiger charge is 2.29. The van der Waals surface area contributed by atoms with Crippen molar-refractivity contribution in [1.29, 1.82) is 0 Å². The molecule has 0 unspecified atom stereocenters. The quantitative estimate of drug-likeness (QED) is 0.693. The average molecular weight is 300 g/mol. The van der Waals surface area contributed by atoms with Crippen LogP contribution in [0.1, 0.15) is 60.3 Å². The lowest BCUT2D eigenvalue weighted by Crippen LogP contribution is -2.43. The zero-order valence-electron chi connectivity index (χ0n) is 13.5. The van der Waals surface area contributed by atoms with E-state index >= 15 is 0 Å². The van der Waals surface area contributed by atoms with Gasteiger partial charge in [-0.2, -0.15) is 0 Å². The highest BCUT2D eigenvalue weighted by Crippen LogP contribution is 2.35. The molecule has 0 aliphatic carbocycles. The van der Waals surface area contributed by atoms with Crippen molar-refractivity contribution in [2.45, 2.75) is 66.3 Å². The zero-order valence-corrected chi connectivity index (χ0v) is 13.5. The van der Waals surface area contributed by atoms with Crippen molar-refractivity contribution in [3.05, 3.63) is 0 Å². The van der Waals surface area contributed by atoms with Crippen LogP contribution < -0.4 is 10.4 Å². The summed E-state index contributed by atoms with van der Waals surface area (Å²) in [5.74, 6) is -2.95. The Hall–Kier alpha value is -1.59. The first-order chi connectivity index (χ1) is 9.32. The van der Waals surface area contributed by atoms with Crippen LogP contribution >= 0.6 is 0 Å². The van der Waals surface area contributed by atoms with E-state index in [1.807, 2.05) is 13.8 Å². The molecule has 0 heterocycles. The number of carbonyl (C=O) groups excluding carboxylic acids is 2. The number of carboxylic acid groups (broad SMARTS) is 2. The molecule has 0 aromatic rings. The second kappa shape index (κ2) is 7.43. The molecule has 0 radical (unpaired) electrons. The van der Waals surface area contributed by atoms with Crippen molar-refractivity contribution < 1.29 is 24.6 Å². The van der Waals surface area contributed by atoms with E-state index in [9.17, 15) is 19.5 Å². The summed E-state index contributed by atoms with van der Waals surface area (Å²) in [4.78, 5) is 33.4. The maximum absolute atomic E-state index is 12.0. The molecule has 0 aliphatic rings. The Morgan fingerprint density at radius 1 is 1.14 bits per heavy atom. The molecule has 122 valence electrons. The summed E-state index contributed by atoms with van der Waals surface area (Å²) in [5, 5.41) is 21.8. The number of hydrogen-bond acceptors (Lipinski definition) is 4. The molecule has 0 fully saturated rings. The van der Waals surface area contributed by atoms with Crippen LogP contribution in [0.25, 0.3) is 0 Å². The van der Waals surface area contributed by atoms with Crippen LogP contribution in [-0.4, -0.2) is 29.0 Å². The second-order valence-corrected chi connectivity index (χ2v) is 7.45. The van der Waals surface area contributed by atoms with Crippen LogP contribution in [0.2, 0.25) is 0 Å². The molecule has 21 heavy (non-hydrogen) atoms. The molecule has 1 amide bonds. The molecule has 0 saturated heterocycles. The van der Waals surface area contributed by atoms with Crippen LogP contribution in [0.15, 0.2) is 0 Å². The van der Waals surface area contributed by atoms with Crippen LogP contribution in [0.3, 0.4) is 0 Å². The molecule has 0 aliphatic heterocycles. The Morgan fingerprint density at radius 2 is 1.67 bits per heavy atom. The number of nitrogens with one attached hydrogen (secondary N) is 1. The molecule has 1 atom stereocenters. The lowest BCUT2D eigenvalue weighted by molar-refractivity contribution is -0.305. The average Bonchev–Trinajstić information content (AvgIpc) is 2.18. The number of rotatable bonds is 8. The fourth-order valence-corrected chi connectivity index (χ4v) is 2.70. The summed E-state index contributed by atoms with van der Waals surface area (Å²) < 4.78 is 0. The first kappa shape index (κ1) is 19.4. The van der Waals surface area contributed by atoms with Gasteiger partial charge in [0.1, 0.15) is 6.04 Å². The maximum atomic E-state index is 12.0. The number of amides is 1. The van der Waals surface area contributed by atoms with E-state index in [-0.39, 0.29) is 29.6 Å². The maximum Gasteiger partial charge on any atom is 0.326 e. The SMILES string of the molecule is CC(C)(C)CC(C)(C)CC(=O)N[C@@H](CCC(=O)[O-])C(=O)O. The first-order valence-corrected chi connectivity index (χ1v) is 7.04. The molecule has 0 spiro atoms. The van der Waals surface area contributed by atoms with Crippen LogP contribution in [0, 0.1) is 10.8 Å². The third kappa shape index (κ3) is 9.87. The summed E-state index contributed by atoms with van der Waals surface area (Å²) in [5.41, 5.74) is -0.204. The van der Waals surface area contributed by atoms with Crippen LogP contribution in [-0.2, 0) is 14.4 Å². The van der Waals surface area contributed by atoms with Crippen molar-refractivity contribution in [1.82, 2.24) is 5.32 Å². The summed E-state index contributed by atoms with van der Waals surface area (Å²) >= 11 is 0. The molecule has 0 aromatic carbocycles. The minimum atomic E-state index is -1.33. The van der Waals surface area contributed by atoms with E-state index in [0.717, 1.165) is 6.42 Å². The molecule has 2 N–H and O–H groups in total. The van der Waals surface area contributed by atoms with E-state index in [4.69, 9.17) is 5.11 Å². The Bertz CT molecular complexity index is 395. The standard InChI is InChI=1S/C15H27NO5/c1-14(2,3)9-15(4,5)8-11(17)16-10(13(20)21)6-7-12(18)19/h10H,6-9H2,1-5H3,(H,16,17)(H,18,19)(H,20,21)/p-1/t10-/m0/s1. The van der Waals surface area contributed by atoms with Gasteiger partial charge >= 0.3 is 5.97 Å². The molecular formula is C15H26NO5-. The van der Waals surface area contributed by atoms with Gasteiger partial charge in [-0.1, -0.05) is 34.6 Å². The smallest absolute Gasteiger partial charge is 0.326 e. The van der Waals surface area contributed by atoms with Crippen LogP contribution in [0.5, 0.6) is 0 Å². The fraction of sp³-hybridized carbons (Fsp3) is 0.800. The summed E-state index contributed by atoms with van der Waals surface area (Å²) in [6.45, 7) is 10.1. The van der Waals surface area contributed by atoms with Gasteiger partial charge in [-0.3, -0.25) is 4.79 Å². The predicted molar refractivity (Wildman–Crippen MR) is 76.3 cm³/mol. The van der Waals surface area contributed by atoms with E-state index in [0.29, 0.717) is 0 Å². The highest BCUT2D eigenvalue weighted by atomic mass is 16.4. The van der Waals surface area contributed by atoms with Crippen molar-refractivity contribution >= 4 is 17.8 Å².